The third-order valence-corrected chi connectivity index (χ3v) is 1.99. The maximum absolute atomic E-state index is 5.22. The number of methoxy groups -OCH3 is 1. The molecule has 0 N–H and O–H groups in total. The molecule has 0 saturated heterocycles. The number of ether oxygens (including phenoxy) is 1. The van der Waals surface area contributed by atoms with Gasteiger partial charge in [-0.05, 0) is 24.3 Å². The maximum Gasteiger partial charge on any atom is 0.231 e. The van der Waals surface area contributed by atoms with Gasteiger partial charge in [0.2, 0.25) is 6.35 Å². The van der Waals surface area contributed by atoms with Crippen LogP contribution < -0.4 is 4.90 Å². The molecule has 0 bridgehead atoms. The molecule has 71 valence electrons. The van der Waals surface area contributed by atoms with Crippen molar-refractivity contribution in [3.8, 4) is 0 Å². The smallest absolute Gasteiger partial charge is 0.231 e. The van der Waals surface area contributed by atoms with E-state index in [0.29, 0.717) is 0 Å². The number of hydrogen-bond acceptors (Lipinski definition) is 3. The fourth-order valence-electron chi connectivity index (χ4n) is 1.34. The van der Waals surface area contributed by atoms with Crippen LogP contribution in [0.4, 0.5) is 5.69 Å². The van der Waals surface area contributed by atoms with Crippen molar-refractivity contribution in [2.45, 2.75) is 6.35 Å². The second-order valence-electron chi connectivity index (χ2n) is 2.87. The molecule has 14 heavy (non-hydrogen) atoms. The summed E-state index contributed by atoms with van der Waals surface area (Å²) in [6.45, 7) is 0. The fourth-order valence-corrected chi connectivity index (χ4v) is 1.34. The number of nitrogens with zero attached hydrogens (tertiary/aromatic N) is 2. The summed E-state index contributed by atoms with van der Waals surface area (Å²) in [5, 5.41) is 0. The highest BCUT2D eigenvalue weighted by atomic mass is 16.5. The Bertz CT molecular complexity index is 346. The van der Waals surface area contributed by atoms with Gasteiger partial charge >= 0.3 is 0 Å². The molecule has 3 nitrogen and oxygen atoms in total. The summed E-state index contributed by atoms with van der Waals surface area (Å²) < 4.78 is 5.22. The van der Waals surface area contributed by atoms with E-state index in [1.54, 1.807) is 13.3 Å². The highest BCUT2D eigenvalue weighted by molar-refractivity contribution is 5.74. The van der Waals surface area contributed by atoms with Crippen molar-refractivity contribution in [2.24, 2.45) is 4.99 Å². The Labute approximate surface area is 83.3 Å². The van der Waals surface area contributed by atoms with E-state index in [2.05, 4.69) is 11.1 Å². The molecule has 1 aliphatic rings. The minimum Gasteiger partial charge on any atom is -0.342 e. The molecular formula is C11H11N2O. The van der Waals surface area contributed by atoms with Gasteiger partial charge in [0.05, 0.1) is 0 Å². The first-order valence-electron chi connectivity index (χ1n) is 4.39. The minimum absolute atomic E-state index is 0.262. The molecular weight excluding hydrogens is 176 g/mol. The summed E-state index contributed by atoms with van der Waals surface area (Å²) in [4.78, 5) is 6.14. The molecule has 0 aliphatic carbocycles. The largest absolute Gasteiger partial charge is 0.342 e. The molecule has 1 atom stereocenters. The summed E-state index contributed by atoms with van der Waals surface area (Å²) in [6.07, 6.45) is 5.30. The van der Waals surface area contributed by atoms with Crippen LogP contribution in [0.5, 0.6) is 0 Å². The first-order valence-corrected chi connectivity index (χ1v) is 4.39. The van der Waals surface area contributed by atoms with Crippen LogP contribution in [0, 0.1) is 6.07 Å². The molecule has 1 radical (unpaired) electrons. The quantitative estimate of drug-likeness (QED) is 0.705. The zero-order valence-corrected chi connectivity index (χ0v) is 7.92. The van der Waals surface area contributed by atoms with E-state index in [1.165, 1.54) is 0 Å². The molecule has 0 amide bonds. The van der Waals surface area contributed by atoms with Crippen LogP contribution in [0.15, 0.2) is 41.5 Å². The van der Waals surface area contributed by atoms with Gasteiger partial charge in [0.1, 0.15) is 0 Å². The molecule has 2 rings (SSSR count). The van der Waals surface area contributed by atoms with E-state index in [4.69, 9.17) is 4.74 Å². The third kappa shape index (κ3) is 1.67. The van der Waals surface area contributed by atoms with Gasteiger partial charge in [-0.2, -0.15) is 0 Å². The average molecular weight is 187 g/mol. The highest BCUT2D eigenvalue weighted by Gasteiger charge is 2.15. The van der Waals surface area contributed by atoms with Crippen LogP contribution in [-0.4, -0.2) is 19.7 Å². The Hall–Kier alpha value is -1.61. The van der Waals surface area contributed by atoms with Crippen molar-refractivity contribution < 1.29 is 4.74 Å². The molecule has 0 fully saturated rings. The van der Waals surface area contributed by atoms with Gasteiger partial charge in [0, 0.05) is 25.2 Å². The summed E-state index contributed by atoms with van der Waals surface area (Å²) in [6, 6.07) is 10.7. The zero-order valence-electron chi connectivity index (χ0n) is 7.92. The first kappa shape index (κ1) is 8.97. The first-order chi connectivity index (χ1) is 6.92. The minimum atomic E-state index is -0.262. The van der Waals surface area contributed by atoms with Crippen molar-refractivity contribution in [1.82, 2.24) is 0 Å². The molecule has 0 aromatic heterocycles. The lowest BCUT2D eigenvalue weighted by Gasteiger charge is -2.27. The number of anilines is 1. The molecule has 1 unspecified atom stereocenters. The SMILES string of the molecule is COC1N=CC=CN1c1cc[c]cc1. The van der Waals surface area contributed by atoms with Gasteiger partial charge in [0.15, 0.2) is 0 Å². The number of hydrogen-bond donors (Lipinski definition) is 0. The predicted molar refractivity (Wildman–Crippen MR) is 56.2 cm³/mol. The van der Waals surface area contributed by atoms with Crippen molar-refractivity contribution in [3.05, 3.63) is 42.6 Å². The Morgan fingerprint density at radius 3 is 2.93 bits per heavy atom. The van der Waals surface area contributed by atoms with Crippen LogP contribution in [-0.2, 0) is 4.74 Å². The number of aliphatic imine (C=N–C) groups is 1. The van der Waals surface area contributed by atoms with Gasteiger partial charge < -0.3 is 9.64 Å². The Balaban J connectivity index is 2.25. The fraction of sp³-hybridized carbons (Fsp3) is 0.182. The van der Waals surface area contributed by atoms with Crippen LogP contribution in [0.3, 0.4) is 0 Å². The Morgan fingerprint density at radius 2 is 2.21 bits per heavy atom. The van der Waals surface area contributed by atoms with E-state index in [9.17, 15) is 0 Å². The van der Waals surface area contributed by atoms with E-state index >= 15 is 0 Å². The van der Waals surface area contributed by atoms with Crippen molar-refractivity contribution in [1.29, 1.82) is 0 Å². The Morgan fingerprint density at radius 1 is 1.43 bits per heavy atom. The molecule has 1 aromatic rings. The highest BCUT2D eigenvalue weighted by Crippen LogP contribution is 2.19. The van der Waals surface area contributed by atoms with E-state index in [0.717, 1.165) is 5.69 Å². The average Bonchev–Trinajstić information content (AvgIpc) is 2.30. The van der Waals surface area contributed by atoms with Crippen molar-refractivity contribution >= 4 is 11.9 Å². The van der Waals surface area contributed by atoms with Gasteiger partial charge in [-0.1, -0.05) is 12.1 Å². The lowest BCUT2D eigenvalue weighted by molar-refractivity contribution is 0.114. The molecule has 3 heteroatoms. The molecule has 0 saturated carbocycles. The lowest BCUT2D eigenvalue weighted by Crippen LogP contribution is -2.32. The van der Waals surface area contributed by atoms with Crippen molar-refractivity contribution in [2.75, 3.05) is 12.0 Å². The maximum atomic E-state index is 5.22. The summed E-state index contributed by atoms with van der Waals surface area (Å²) in [5.41, 5.74) is 1.05. The molecule has 1 aliphatic heterocycles. The normalized spacial score (nSPS) is 20.1. The Kier molecular flexibility index (Phi) is 2.60. The van der Waals surface area contributed by atoms with Crippen LogP contribution >= 0.6 is 0 Å². The van der Waals surface area contributed by atoms with Crippen LogP contribution in [0.2, 0.25) is 0 Å². The summed E-state index contributed by atoms with van der Waals surface area (Å²) in [5.74, 6) is 0. The lowest BCUT2D eigenvalue weighted by atomic mass is 10.3. The topological polar surface area (TPSA) is 24.8 Å². The molecule has 1 aromatic carbocycles. The van der Waals surface area contributed by atoms with Crippen LogP contribution in [0.1, 0.15) is 0 Å². The van der Waals surface area contributed by atoms with E-state index in [1.807, 2.05) is 41.4 Å². The zero-order chi connectivity index (χ0) is 9.80. The number of benzene rings is 1. The monoisotopic (exact) mass is 187 g/mol. The van der Waals surface area contributed by atoms with E-state index < -0.39 is 0 Å². The number of rotatable bonds is 2. The standard InChI is InChI=1S/C11H11N2O/c1-14-11-12-8-5-9-13(11)10-6-3-2-4-7-10/h3-9,11H,1H3. The van der Waals surface area contributed by atoms with Gasteiger partial charge in [-0.15, -0.1) is 0 Å². The summed E-state index contributed by atoms with van der Waals surface area (Å²) >= 11 is 0. The van der Waals surface area contributed by atoms with Gasteiger partial charge in [-0.25, -0.2) is 4.99 Å². The van der Waals surface area contributed by atoms with Crippen LogP contribution in [0.25, 0.3) is 0 Å². The molecule has 0 spiro atoms. The third-order valence-electron chi connectivity index (χ3n) is 1.99. The number of allylic oxidation sites excluding steroid dienone is 1. The predicted octanol–water partition coefficient (Wildman–Crippen LogP) is 1.82. The second kappa shape index (κ2) is 4.07. The van der Waals surface area contributed by atoms with Crippen molar-refractivity contribution in [3.63, 3.8) is 0 Å². The van der Waals surface area contributed by atoms with E-state index in [-0.39, 0.29) is 6.35 Å². The second-order valence-corrected chi connectivity index (χ2v) is 2.87. The van der Waals surface area contributed by atoms with Gasteiger partial charge in [-0.3, -0.25) is 0 Å². The summed E-state index contributed by atoms with van der Waals surface area (Å²) in [7, 11) is 1.64. The molecule has 1 heterocycles. The van der Waals surface area contributed by atoms with Gasteiger partial charge in [0.25, 0.3) is 0 Å².